The van der Waals surface area contributed by atoms with Gasteiger partial charge in [-0.2, -0.15) is 0 Å². The number of carbonyl (C=O) groups excluding carboxylic acids is 2. The first-order valence-corrected chi connectivity index (χ1v) is 14.4. The quantitative estimate of drug-likeness (QED) is 0.234. The zero-order valence-corrected chi connectivity index (χ0v) is 23.7. The number of likely N-dealkylation sites (tertiary alicyclic amines) is 1. The lowest BCUT2D eigenvalue weighted by atomic mass is 9.85. The SMILES string of the molecule is CC(C)(C)c1ccc(C2C(=C(O)c3ccc(Br)cc3)C(=O)C(=O)N2CCc2ccc(S(N)(=O)=O)cc2)cc1. The second-order valence-corrected chi connectivity index (χ2v) is 12.8. The summed E-state index contributed by atoms with van der Waals surface area (Å²) in [5, 5.41) is 16.4. The summed E-state index contributed by atoms with van der Waals surface area (Å²) in [6.07, 6.45) is 0.368. The molecule has 3 aromatic rings. The molecule has 0 bridgehead atoms. The maximum absolute atomic E-state index is 13.3. The van der Waals surface area contributed by atoms with Gasteiger partial charge in [0.15, 0.2) is 0 Å². The fourth-order valence-electron chi connectivity index (χ4n) is 4.48. The third-order valence-electron chi connectivity index (χ3n) is 6.64. The molecular weight excluding hydrogens is 568 g/mol. The molecule has 1 heterocycles. The number of ketones is 1. The second kappa shape index (κ2) is 10.5. The van der Waals surface area contributed by atoms with Gasteiger partial charge in [-0.05, 0) is 52.8 Å². The van der Waals surface area contributed by atoms with Crippen molar-refractivity contribution in [2.45, 2.75) is 43.5 Å². The molecule has 1 amide bonds. The molecule has 9 heteroatoms. The molecule has 3 N–H and O–H groups in total. The molecule has 3 aromatic carbocycles. The van der Waals surface area contributed by atoms with Crippen molar-refractivity contribution in [2.75, 3.05) is 6.54 Å². The Balaban J connectivity index is 1.74. The first-order chi connectivity index (χ1) is 17.8. The van der Waals surface area contributed by atoms with Gasteiger partial charge in [0.25, 0.3) is 11.7 Å². The van der Waals surface area contributed by atoms with Crippen LogP contribution in [0.25, 0.3) is 5.76 Å². The van der Waals surface area contributed by atoms with E-state index in [0.29, 0.717) is 17.5 Å². The lowest BCUT2D eigenvalue weighted by molar-refractivity contribution is -0.139. The molecule has 1 fully saturated rings. The number of hydrogen-bond donors (Lipinski definition) is 2. The van der Waals surface area contributed by atoms with Crippen LogP contribution in [0.3, 0.4) is 0 Å². The number of carbonyl (C=O) groups is 2. The molecule has 1 saturated heterocycles. The average molecular weight is 598 g/mol. The highest BCUT2D eigenvalue weighted by Gasteiger charge is 2.45. The highest BCUT2D eigenvalue weighted by Crippen LogP contribution is 2.40. The second-order valence-electron chi connectivity index (χ2n) is 10.3. The Morgan fingerprint density at radius 1 is 0.947 bits per heavy atom. The molecule has 1 atom stereocenters. The van der Waals surface area contributed by atoms with Crippen molar-refractivity contribution < 1.29 is 23.1 Å². The lowest BCUT2D eigenvalue weighted by Gasteiger charge is -2.26. The number of rotatable bonds is 6. The first-order valence-electron chi connectivity index (χ1n) is 12.0. The van der Waals surface area contributed by atoms with Crippen molar-refractivity contribution >= 4 is 43.4 Å². The number of nitrogens with zero attached hydrogens (tertiary/aromatic N) is 1. The number of nitrogens with two attached hydrogens (primary N) is 1. The molecule has 1 unspecified atom stereocenters. The maximum Gasteiger partial charge on any atom is 0.295 e. The van der Waals surface area contributed by atoms with E-state index in [1.807, 2.05) is 24.3 Å². The monoisotopic (exact) mass is 596 g/mol. The first kappa shape index (κ1) is 27.8. The summed E-state index contributed by atoms with van der Waals surface area (Å²) in [5.41, 5.74) is 2.96. The molecular formula is C29H29BrN2O5S. The van der Waals surface area contributed by atoms with Gasteiger partial charge in [-0.15, -0.1) is 0 Å². The van der Waals surface area contributed by atoms with Crippen LogP contribution in [0.15, 0.2) is 87.7 Å². The Labute approximate surface area is 231 Å². The number of aliphatic hydroxyl groups is 1. The molecule has 0 saturated carbocycles. The van der Waals surface area contributed by atoms with E-state index < -0.39 is 27.8 Å². The van der Waals surface area contributed by atoms with Crippen molar-refractivity contribution in [3.8, 4) is 0 Å². The van der Waals surface area contributed by atoms with Gasteiger partial charge < -0.3 is 10.0 Å². The topological polar surface area (TPSA) is 118 Å². The van der Waals surface area contributed by atoms with Crippen LogP contribution in [0.4, 0.5) is 0 Å². The van der Waals surface area contributed by atoms with Gasteiger partial charge in [0.2, 0.25) is 10.0 Å². The van der Waals surface area contributed by atoms with Gasteiger partial charge in [-0.3, -0.25) is 9.59 Å². The van der Waals surface area contributed by atoms with E-state index in [9.17, 15) is 23.1 Å². The fourth-order valence-corrected chi connectivity index (χ4v) is 5.26. The van der Waals surface area contributed by atoms with Crippen molar-refractivity contribution in [3.63, 3.8) is 0 Å². The van der Waals surface area contributed by atoms with Crippen LogP contribution in [0.2, 0.25) is 0 Å². The van der Waals surface area contributed by atoms with Crippen LogP contribution in [0.5, 0.6) is 0 Å². The number of hydrogen-bond acceptors (Lipinski definition) is 5. The number of amides is 1. The van der Waals surface area contributed by atoms with Crippen LogP contribution in [0.1, 0.15) is 49.1 Å². The molecule has 0 aliphatic carbocycles. The van der Waals surface area contributed by atoms with E-state index in [4.69, 9.17) is 5.14 Å². The summed E-state index contributed by atoms with van der Waals surface area (Å²) < 4.78 is 24.0. The normalized spacial score (nSPS) is 17.7. The molecule has 1 aliphatic rings. The third kappa shape index (κ3) is 5.75. The molecule has 0 radical (unpaired) electrons. The standard InChI is InChI=1S/C29H29BrN2O5S/c1-29(2,3)21-10-6-19(7-11-21)25-24(26(33)20-8-12-22(30)13-9-20)27(34)28(35)32(25)17-16-18-4-14-23(15-5-18)38(31,36)37/h4-15,25,33H,16-17H2,1-3H3,(H2,31,36,37). The largest absolute Gasteiger partial charge is 0.507 e. The fraction of sp³-hybridized carbons (Fsp3) is 0.241. The van der Waals surface area contributed by atoms with Gasteiger partial charge in [0.1, 0.15) is 5.76 Å². The molecule has 1 aliphatic heterocycles. The van der Waals surface area contributed by atoms with Crippen LogP contribution < -0.4 is 5.14 Å². The third-order valence-corrected chi connectivity index (χ3v) is 8.10. The van der Waals surface area contributed by atoms with Crippen molar-refractivity contribution in [3.05, 3.63) is 105 Å². The number of benzene rings is 3. The van der Waals surface area contributed by atoms with Crippen LogP contribution in [-0.2, 0) is 31.4 Å². The number of Topliss-reactive ketones (excluding diaryl/α,β-unsaturated/α-hetero) is 1. The smallest absolute Gasteiger partial charge is 0.295 e. The number of primary sulfonamides is 1. The Kier molecular flexibility index (Phi) is 7.65. The Bertz CT molecular complexity index is 1510. The van der Waals surface area contributed by atoms with Gasteiger partial charge in [-0.25, -0.2) is 13.6 Å². The summed E-state index contributed by atoms with van der Waals surface area (Å²) in [6.45, 7) is 6.48. The summed E-state index contributed by atoms with van der Waals surface area (Å²) in [7, 11) is -3.82. The Morgan fingerprint density at radius 2 is 1.53 bits per heavy atom. The summed E-state index contributed by atoms with van der Waals surface area (Å²) in [5.74, 6) is -1.68. The van der Waals surface area contributed by atoms with E-state index in [1.165, 1.54) is 17.0 Å². The predicted molar refractivity (Wildman–Crippen MR) is 150 cm³/mol. The van der Waals surface area contributed by atoms with Crippen molar-refractivity contribution in [1.29, 1.82) is 0 Å². The summed E-state index contributed by atoms with van der Waals surface area (Å²) >= 11 is 3.37. The lowest BCUT2D eigenvalue weighted by Crippen LogP contribution is -2.31. The number of aliphatic hydroxyl groups excluding tert-OH is 1. The van der Waals surface area contributed by atoms with E-state index in [-0.39, 0.29) is 28.2 Å². The highest BCUT2D eigenvalue weighted by molar-refractivity contribution is 9.10. The van der Waals surface area contributed by atoms with E-state index >= 15 is 0 Å². The van der Waals surface area contributed by atoms with E-state index in [2.05, 4.69) is 36.7 Å². The van der Waals surface area contributed by atoms with Crippen LogP contribution in [0, 0.1) is 0 Å². The van der Waals surface area contributed by atoms with Gasteiger partial charge in [-0.1, -0.05) is 85.2 Å². The Morgan fingerprint density at radius 3 is 2.05 bits per heavy atom. The summed E-state index contributed by atoms with van der Waals surface area (Å²) in [6, 6.07) is 19.9. The molecule has 0 aromatic heterocycles. The van der Waals surface area contributed by atoms with E-state index in [0.717, 1.165) is 15.6 Å². The molecule has 4 rings (SSSR count). The van der Waals surface area contributed by atoms with Gasteiger partial charge in [0.05, 0.1) is 16.5 Å². The summed E-state index contributed by atoms with van der Waals surface area (Å²) in [4.78, 5) is 28.0. The van der Waals surface area contributed by atoms with E-state index in [1.54, 1.807) is 36.4 Å². The molecule has 38 heavy (non-hydrogen) atoms. The zero-order chi connectivity index (χ0) is 27.8. The highest BCUT2D eigenvalue weighted by atomic mass is 79.9. The maximum atomic E-state index is 13.3. The van der Waals surface area contributed by atoms with Crippen molar-refractivity contribution in [1.82, 2.24) is 4.90 Å². The van der Waals surface area contributed by atoms with Gasteiger partial charge >= 0.3 is 0 Å². The number of halogens is 1. The molecule has 0 spiro atoms. The van der Waals surface area contributed by atoms with Gasteiger partial charge in [0, 0.05) is 16.6 Å². The predicted octanol–water partition coefficient (Wildman–Crippen LogP) is 5.06. The van der Waals surface area contributed by atoms with Crippen molar-refractivity contribution in [2.24, 2.45) is 5.14 Å². The number of sulfonamides is 1. The van der Waals surface area contributed by atoms with Crippen LogP contribution >= 0.6 is 15.9 Å². The molecule has 198 valence electrons. The van der Waals surface area contributed by atoms with Crippen LogP contribution in [-0.4, -0.2) is 36.7 Å². The molecule has 7 nitrogen and oxygen atoms in total. The minimum atomic E-state index is -3.82. The Hall–Kier alpha value is -3.27. The minimum Gasteiger partial charge on any atom is -0.507 e. The minimum absolute atomic E-state index is 0.00451. The zero-order valence-electron chi connectivity index (χ0n) is 21.3. The average Bonchev–Trinajstić information content (AvgIpc) is 3.11.